The van der Waals surface area contributed by atoms with E-state index in [2.05, 4.69) is 17.2 Å². The minimum absolute atomic E-state index is 0.192. The molecule has 0 bridgehead atoms. The molecule has 0 spiro atoms. The molecule has 0 aliphatic heterocycles. The van der Waals surface area contributed by atoms with Crippen molar-refractivity contribution in [3.05, 3.63) is 48.2 Å². The zero-order valence-electron chi connectivity index (χ0n) is 15.6. The van der Waals surface area contributed by atoms with Crippen LogP contribution in [0.4, 0.5) is 4.79 Å². The Labute approximate surface area is 153 Å². The highest BCUT2D eigenvalue weighted by atomic mass is 16.6. The first-order valence-electron chi connectivity index (χ1n) is 8.32. The normalized spacial score (nSPS) is 11.8. The van der Waals surface area contributed by atoms with E-state index in [1.807, 2.05) is 30.3 Å². The van der Waals surface area contributed by atoms with Crippen molar-refractivity contribution in [2.24, 2.45) is 0 Å². The molecule has 1 aromatic rings. The molecule has 0 aliphatic carbocycles. The van der Waals surface area contributed by atoms with Crippen molar-refractivity contribution in [1.82, 2.24) is 10.6 Å². The van der Waals surface area contributed by atoms with Crippen molar-refractivity contribution in [2.45, 2.75) is 45.8 Å². The summed E-state index contributed by atoms with van der Waals surface area (Å²) in [6.45, 7) is 10.5. The zero-order chi connectivity index (χ0) is 19.7. The lowest BCUT2D eigenvalue weighted by atomic mass is 10.1. The fourth-order valence-electron chi connectivity index (χ4n) is 2.01. The van der Waals surface area contributed by atoms with Crippen molar-refractivity contribution in [3.8, 4) is 0 Å². The standard InChI is InChI=1S/C19H26N2O5/c1-6-25-17(23)15(12-14-10-8-7-9-11-14)21-16(22)13(2)20-18(24)26-19(3,4)5/h7-11,15H,2,6,12H2,1,3-5H3,(H,20,24)(H,21,22)/t15-/m0/s1. The van der Waals surface area contributed by atoms with Crippen LogP contribution in [-0.4, -0.2) is 36.2 Å². The zero-order valence-corrected chi connectivity index (χ0v) is 15.6. The number of rotatable bonds is 7. The third-order valence-electron chi connectivity index (χ3n) is 3.09. The van der Waals surface area contributed by atoms with Gasteiger partial charge in [0.2, 0.25) is 0 Å². The van der Waals surface area contributed by atoms with Gasteiger partial charge >= 0.3 is 12.1 Å². The van der Waals surface area contributed by atoms with Gasteiger partial charge in [-0.15, -0.1) is 0 Å². The number of alkyl carbamates (subject to hydrolysis) is 1. The molecule has 7 nitrogen and oxygen atoms in total. The van der Waals surface area contributed by atoms with Crippen molar-refractivity contribution in [2.75, 3.05) is 6.61 Å². The summed E-state index contributed by atoms with van der Waals surface area (Å²) >= 11 is 0. The Morgan fingerprint density at radius 3 is 2.31 bits per heavy atom. The number of nitrogens with one attached hydrogen (secondary N) is 2. The topological polar surface area (TPSA) is 93.7 Å². The van der Waals surface area contributed by atoms with Crippen LogP contribution in [-0.2, 0) is 25.5 Å². The molecule has 0 fully saturated rings. The molecule has 1 aromatic carbocycles. The van der Waals surface area contributed by atoms with Gasteiger partial charge in [0, 0.05) is 6.42 Å². The summed E-state index contributed by atoms with van der Waals surface area (Å²) in [6, 6.07) is 8.30. The predicted molar refractivity (Wildman–Crippen MR) is 97.2 cm³/mol. The predicted octanol–water partition coefficient (Wildman–Crippen LogP) is 2.32. The van der Waals surface area contributed by atoms with Crippen molar-refractivity contribution < 1.29 is 23.9 Å². The van der Waals surface area contributed by atoms with Gasteiger partial charge in [0.1, 0.15) is 17.3 Å². The maximum absolute atomic E-state index is 12.3. The number of hydrogen-bond donors (Lipinski definition) is 2. The highest BCUT2D eigenvalue weighted by Crippen LogP contribution is 2.08. The van der Waals surface area contributed by atoms with Crippen LogP contribution in [0.1, 0.15) is 33.3 Å². The summed E-state index contributed by atoms with van der Waals surface area (Å²) in [7, 11) is 0. The van der Waals surface area contributed by atoms with Crippen LogP contribution in [0, 0.1) is 0 Å². The Bertz CT molecular complexity index is 650. The summed E-state index contributed by atoms with van der Waals surface area (Å²) in [5.74, 6) is -1.25. The largest absolute Gasteiger partial charge is 0.464 e. The minimum atomic E-state index is -0.901. The van der Waals surface area contributed by atoms with Gasteiger partial charge in [-0.3, -0.25) is 10.1 Å². The second-order valence-electron chi connectivity index (χ2n) is 6.57. The van der Waals surface area contributed by atoms with Gasteiger partial charge in [0.05, 0.1) is 6.61 Å². The maximum Gasteiger partial charge on any atom is 0.412 e. The summed E-state index contributed by atoms with van der Waals surface area (Å²) in [5, 5.41) is 4.79. The van der Waals surface area contributed by atoms with Crippen LogP contribution < -0.4 is 10.6 Å². The van der Waals surface area contributed by atoms with E-state index in [4.69, 9.17) is 9.47 Å². The van der Waals surface area contributed by atoms with Gasteiger partial charge in [0.25, 0.3) is 5.91 Å². The lowest BCUT2D eigenvalue weighted by Crippen LogP contribution is -2.46. The first-order valence-corrected chi connectivity index (χ1v) is 8.32. The first-order chi connectivity index (χ1) is 12.1. The highest BCUT2D eigenvalue weighted by Gasteiger charge is 2.25. The molecule has 0 aromatic heterocycles. The number of carbonyl (C=O) groups is 3. The van der Waals surface area contributed by atoms with E-state index in [1.54, 1.807) is 27.7 Å². The molecule has 142 valence electrons. The minimum Gasteiger partial charge on any atom is -0.464 e. The number of esters is 1. The third kappa shape index (κ3) is 7.83. The van der Waals surface area contributed by atoms with Gasteiger partial charge < -0.3 is 14.8 Å². The van der Waals surface area contributed by atoms with E-state index in [9.17, 15) is 14.4 Å². The van der Waals surface area contributed by atoms with Crippen LogP contribution in [0.2, 0.25) is 0 Å². The van der Waals surface area contributed by atoms with Gasteiger partial charge in [-0.05, 0) is 33.3 Å². The Hall–Kier alpha value is -2.83. The Morgan fingerprint density at radius 2 is 1.77 bits per heavy atom. The van der Waals surface area contributed by atoms with Crippen LogP contribution in [0.25, 0.3) is 0 Å². The van der Waals surface area contributed by atoms with Crippen LogP contribution in [0.5, 0.6) is 0 Å². The number of hydrogen-bond acceptors (Lipinski definition) is 5. The monoisotopic (exact) mass is 362 g/mol. The Balaban J connectivity index is 2.73. The maximum atomic E-state index is 12.3. The smallest absolute Gasteiger partial charge is 0.412 e. The average molecular weight is 362 g/mol. The number of ether oxygens (including phenoxy) is 2. The molecule has 1 atom stereocenters. The molecule has 0 saturated heterocycles. The van der Waals surface area contributed by atoms with Crippen molar-refractivity contribution in [3.63, 3.8) is 0 Å². The lowest BCUT2D eigenvalue weighted by molar-refractivity contribution is -0.147. The lowest BCUT2D eigenvalue weighted by Gasteiger charge is -2.21. The van der Waals surface area contributed by atoms with Gasteiger partial charge in [-0.25, -0.2) is 9.59 Å². The summed E-state index contributed by atoms with van der Waals surface area (Å²) in [6.07, 6.45) is -0.543. The van der Waals surface area contributed by atoms with Gasteiger partial charge in [-0.1, -0.05) is 36.9 Å². The molecule has 1 rings (SSSR count). The van der Waals surface area contributed by atoms with E-state index in [-0.39, 0.29) is 18.7 Å². The van der Waals surface area contributed by atoms with Gasteiger partial charge in [0.15, 0.2) is 0 Å². The Morgan fingerprint density at radius 1 is 1.15 bits per heavy atom. The SMILES string of the molecule is C=C(NC(=O)OC(C)(C)C)C(=O)N[C@@H](Cc1ccccc1)C(=O)OCC. The van der Waals surface area contributed by atoms with Crippen LogP contribution in [0.3, 0.4) is 0 Å². The third-order valence-corrected chi connectivity index (χ3v) is 3.09. The van der Waals surface area contributed by atoms with E-state index in [1.165, 1.54) is 0 Å². The van der Waals surface area contributed by atoms with E-state index in [0.29, 0.717) is 0 Å². The fraction of sp³-hybridized carbons (Fsp3) is 0.421. The molecule has 2 amide bonds. The molecule has 0 radical (unpaired) electrons. The van der Waals surface area contributed by atoms with E-state index >= 15 is 0 Å². The molecule has 0 aliphatic rings. The molecule has 0 heterocycles. The van der Waals surface area contributed by atoms with Crippen LogP contribution >= 0.6 is 0 Å². The average Bonchev–Trinajstić information content (AvgIpc) is 2.53. The van der Waals surface area contributed by atoms with Crippen LogP contribution in [0.15, 0.2) is 42.6 Å². The summed E-state index contributed by atoms with van der Waals surface area (Å²) in [4.78, 5) is 36.1. The molecule has 7 heteroatoms. The second-order valence-corrected chi connectivity index (χ2v) is 6.57. The second kappa shape index (κ2) is 9.60. The molecule has 0 saturated carbocycles. The fourth-order valence-corrected chi connectivity index (χ4v) is 2.01. The quantitative estimate of drug-likeness (QED) is 0.573. The van der Waals surface area contributed by atoms with Crippen molar-refractivity contribution >= 4 is 18.0 Å². The number of benzene rings is 1. The first kappa shape index (κ1) is 21.2. The molecule has 0 unspecified atom stereocenters. The summed E-state index contributed by atoms with van der Waals surface area (Å²) in [5.41, 5.74) is -0.0695. The van der Waals surface area contributed by atoms with E-state index < -0.39 is 29.6 Å². The summed E-state index contributed by atoms with van der Waals surface area (Å²) < 4.78 is 10.1. The Kier molecular flexibility index (Phi) is 7.83. The number of amides is 2. The molecule has 2 N–H and O–H groups in total. The van der Waals surface area contributed by atoms with Crippen molar-refractivity contribution in [1.29, 1.82) is 0 Å². The molecular weight excluding hydrogens is 336 g/mol. The van der Waals surface area contributed by atoms with Gasteiger partial charge in [-0.2, -0.15) is 0 Å². The molecular formula is C19H26N2O5. The number of carbonyl (C=O) groups excluding carboxylic acids is 3. The molecule has 26 heavy (non-hydrogen) atoms. The van der Waals surface area contributed by atoms with E-state index in [0.717, 1.165) is 5.56 Å². The highest BCUT2D eigenvalue weighted by molar-refractivity contribution is 5.97.